The van der Waals surface area contributed by atoms with E-state index in [2.05, 4.69) is 16.4 Å². The minimum Gasteiger partial charge on any atom is -0.396 e. The van der Waals surface area contributed by atoms with Gasteiger partial charge in [-0.15, -0.1) is 0 Å². The summed E-state index contributed by atoms with van der Waals surface area (Å²) in [6.07, 6.45) is 5.83. The van der Waals surface area contributed by atoms with Crippen molar-refractivity contribution in [2.45, 2.75) is 25.7 Å². The summed E-state index contributed by atoms with van der Waals surface area (Å²) in [6, 6.07) is 7.69. The van der Waals surface area contributed by atoms with Gasteiger partial charge in [-0.3, -0.25) is 4.98 Å². The van der Waals surface area contributed by atoms with Crippen LogP contribution < -0.4 is 5.32 Å². The van der Waals surface area contributed by atoms with Gasteiger partial charge in [-0.25, -0.2) is 0 Å². The van der Waals surface area contributed by atoms with Crippen LogP contribution in [0.4, 0.5) is 5.69 Å². The lowest BCUT2D eigenvalue weighted by Gasteiger charge is -2.42. The molecular formula is C17H18ClN3O. The number of rotatable bonds is 5. The summed E-state index contributed by atoms with van der Waals surface area (Å²) in [6.45, 7) is 0.962. The minimum absolute atomic E-state index is 0.148. The van der Waals surface area contributed by atoms with Crippen molar-refractivity contribution >= 4 is 28.2 Å². The molecular weight excluding hydrogens is 298 g/mol. The second-order valence-electron chi connectivity index (χ2n) is 6.00. The molecule has 0 bridgehead atoms. The highest BCUT2D eigenvalue weighted by atomic mass is 35.5. The van der Waals surface area contributed by atoms with Crippen LogP contribution >= 0.6 is 11.6 Å². The van der Waals surface area contributed by atoms with E-state index < -0.39 is 0 Å². The molecule has 0 unspecified atom stereocenters. The molecule has 1 saturated carbocycles. The molecule has 114 valence electrons. The molecule has 1 aromatic heterocycles. The van der Waals surface area contributed by atoms with E-state index in [0.717, 1.165) is 42.4 Å². The molecule has 22 heavy (non-hydrogen) atoms. The Balaban J connectivity index is 1.95. The minimum atomic E-state index is 0.148. The molecule has 0 atom stereocenters. The number of aromatic nitrogens is 1. The summed E-state index contributed by atoms with van der Waals surface area (Å²) in [4.78, 5) is 4.31. The van der Waals surface area contributed by atoms with Crippen molar-refractivity contribution in [2.75, 3.05) is 18.5 Å². The van der Waals surface area contributed by atoms with Crippen molar-refractivity contribution in [3.05, 3.63) is 35.0 Å². The molecule has 1 aliphatic rings. The summed E-state index contributed by atoms with van der Waals surface area (Å²) in [5.41, 5.74) is 2.28. The van der Waals surface area contributed by atoms with Crippen molar-refractivity contribution < 1.29 is 5.11 Å². The largest absolute Gasteiger partial charge is 0.396 e. The Kier molecular flexibility index (Phi) is 4.19. The number of hydrogen-bond donors (Lipinski definition) is 2. The zero-order chi connectivity index (χ0) is 15.6. The van der Waals surface area contributed by atoms with Crippen LogP contribution in [-0.4, -0.2) is 23.2 Å². The summed E-state index contributed by atoms with van der Waals surface area (Å²) in [5.74, 6) is 0. The van der Waals surface area contributed by atoms with Crippen LogP contribution in [0.25, 0.3) is 10.9 Å². The van der Waals surface area contributed by atoms with Crippen LogP contribution in [0.3, 0.4) is 0 Å². The second kappa shape index (κ2) is 6.12. The van der Waals surface area contributed by atoms with Gasteiger partial charge in [0.15, 0.2) is 0 Å². The highest BCUT2D eigenvalue weighted by Crippen LogP contribution is 2.44. The van der Waals surface area contributed by atoms with Gasteiger partial charge < -0.3 is 10.4 Å². The van der Waals surface area contributed by atoms with Crippen molar-refractivity contribution in [1.29, 1.82) is 5.26 Å². The third kappa shape index (κ3) is 2.75. The standard InChI is InChI=1S/C17H18ClN3O/c18-13-2-3-15-14(8-13)16(12(9-19)10-20-15)21-11-17(6-7-22)4-1-5-17/h2-3,8,10,22H,1,4-7,11H2,(H,20,21). The number of benzene rings is 1. The molecule has 1 aromatic carbocycles. The van der Waals surface area contributed by atoms with E-state index in [0.29, 0.717) is 10.6 Å². The van der Waals surface area contributed by atoms with Crippen LogP contribution in [0.2, 0.25) is 5.02 Å². The number of nitrogens with one attached hydrogen (secondary N) is 1. The van der Waals surface area contributed by atoms with Crippen molar-refractivity contribution in [3.63, 3.8) is 0 Å². The molecule has 4 nitrogen and oxygen atoms in total. The van der Waals surface area contributed by atoms with Gasteiger partial charge in [0.1, 0.15) is 6.07 Å². The lowest BCUT2D eigenvalue weighted by molar-refractivity contribution is 0.102. The van der Waals surface area contributed by atoms with Crippen LogP contribution in [-0.2, 0) is 0 Å². The summed E-state index contributed by atoms with van der Waals surface area (Å²) >= 11 is 6.09. The van der Waals surface area contributed by atoms with Crippen LogP contribution in [0.1, 0.15) is 31.2 Å². The first-order valence-electron chi connectivity index (χ1n) is 7.51. The van der Waals surface area contributed by atoms with Crippen LogP contribution in [0.15, 0.2) is 24.4 Å². The Morgan fingerprint density at radius 2 is 2.23 bits per heavy atom. The van der Waals surface area contributed by atoms with Crippen molar-refractivity contribution in [2.24, 2.45) is 5.41 Å². The molecule has 0 radical (unpaired) electrons. The van der Waals surface area contributed by atoms with Crippen molar-refractivity contribution in [3.8, 4) is 6.07 Å². The molecule has 0 amide bonds. The fraction of sp³-hybridized carbons (Fsp3) is 0.412. The van der Waals surface area contributed by atoms with Gasteiger partial charge in [0.2, 0.25) is 0 Å². The summed E-state index contributed by atoms with van der Waals surface area (Å²) in [7, 11) is 0. The van der Waals surface area contributed by atoms with Gasteiger partial charge in [0, 0.05) is 29.8 Å². The van der Waals surface area contributed by atoms with E-state index in [1.54, 1.807) is 12.3 Å². The Morgan fingerprint density at radius 1 is 1.41 bits per heavy atom. The predicted molar refractivity (Wildman–Crippen MR) is 87.9 cm³/mol. The zero-order valence-electron chi connectivity index (χ0n) is 12.3. The smallest absolute Gasteiger partial charge is 0.103 e. The number of pyridine rings is 1. The van der Waals surface area contributed by atoms with Gasteiger partial charge in [-0.05, 0) is 42.9 Å². The molecule has 2 N–H and O–H groups in total. The number of aliphatic hydroxyl groups excluding tert-OH is 1. The Bertz CT molecular complexity index is 734. The number of hydrogen-bond acceptors (Lipinski definition) is 4. The Morgan fingerprint density at radius 3 is 2.86 bits per heavy atom. The average Bonchev–Trinajstić information content (AvgIpc) is 2.49. The maximum absolute atomic E-state index is 9.35. The number of anilines is 1. The molecule has 0 saturated heterocycles. The SMILES string of the molecule is N#Cc1cnc2ccc(Cl)cc2c1NCC1(CCO)CCC1. The fourth-order valence-corrected chi connectivity index (χ4v) is 3.32. The Hall–Kier alpha value is -1.83. The maximum atomic E-state index is 9.35. The third-order valence-electron chi connectivity index (χ3n) is 4.65. The van der Waals surface area contributed by atoms with E-state index in [9.17, 15) is 10.4 Å². The molecule has 5 heteroatoms. The molecule has 1 aliphatic carbocycles. The first-order valence-corrected chi connectivity index (χ1v) is 7.88. The molecule has 2 aromatic rings. The zero-order valence-corrected chi connectivity index (χ0v) is 13.0. The van der Waals surface area contributed by atoms with Crippen LogP contribution in [0, 0.1) is 16.7 Å². The number of nitrogens with zero attached hydrogens (tertiary/aromatic N) is 2. The fourth-order valence-electron chi connectivity index (χ4n) is 3.15. The Labute approximate surface area is 134 Å². The highest BCUT2D eigenvalue weighted by Gasteiger charge is 2.36. The third-order valence-corrected chi connectivity index (χ3v) is 4.88. The molecule has 1 heterocycles. The molecule has 3 rings (SSSR count). The quantitative estimate of drug-likeness (QED) is 0.882. The first kappa shape index (κ1) is 15.1. The highest BCUT2D eigenvalue weighted by molar-refractivity contribution is 6.31. The first-order chi connectivity index (χ1) is 10.7. The van der Waals surface area contributed by atoms with Gasteiger partial charge in [-0.1, -0.05) is 18.0 Å². The topological polar surface area (TPSA) is 68.9 Å². The van der Waals surface area contributed by atoms with Gasteiger partial charge >= 0.3 is 0 Å². The second-order valence-corrected chi connectivity index (χ2v) is 6.44. The van der Waals surface area contributed by atoms with E-state index in [1.165, 1.54) is 6.42 Å². The van der Waals surface area contributed by atoms with E-state index >= 15 is 0 Å². The van der Waals surface area contributed by atoms with E-state index in [-0.39, 0.29) is 12.0 Å². The van der Waals surface area contributed by atoms with Gasteiger partial charge in [0.05, 0.1) is 16.8 Å². The normalized spacial score (nSPS) is 16.0. The average molecular weight is 316 g/mol. The number of fused-ring (bicyclic) bond motifs is 1. The molecule has 1 fully saturated rings. The molecule has 0 spiro atoms. The van der Waals surface area contributed by atoms with Gasteiger partial charge in [0.25, 0.3) is 0 Å². The monoisotopic (exact) mass is 315 g/mol. The predicted octanol–water partition coefficient (Wildman–Crippen LogP) is 3.72. The molecule has 0 aliphatic heterocycles. The summed E-state index contributed by atoms with van der Waals surface area (Å²) in [5, 5.41) is 23.5. The number of halogens is 1. The lowest BCUT2D eigenvalue weighted by Crippen LogP contribution is -2.37. The number of nitriles is 1. The van der Waals surface area contributed by atoms with E-state index in [1.807, 2.05) is 12.1 Å². The van der Waals surface area contributed by atoms with E-state index in [4.69, 9.17) is 11.6 Å². The summed E-state index contributed by atoms with van der Waals surface area (Å²) < 4.78 is 0. The van der Waals surface area contributed by atoms with Crippen LogP contribution in [0.5, 0.6) is 0 Å². The number of aliphatic hydroxyl groups is 1. The van der Waals surface area contributed by atoms with Gasteiger partial charge in [-0.2, -0.15) is 5.26 Å². The maximum Gasteiger partial charge on any atom is 0.103 e. The lowest BCUT2D eigenvalue weighted by atomic mass is 9.66. The van der Waals surface area contributed by atoms with Crippen molar-refractivity contribution in [1.82, 2.24) is 4.98 Å².